The summed E-state index contributed by atoms with van der Waals surface area (Å²) in [4.78, 5) is 50.2. The fraction of sp³-hybridized carbons (Fsp3) is 0.280. The fourth-order valence-electron chi connectivity index (χ4n) is 3.36. The second kappa shape index (κ2) is 12.4. The standard InChI is InChI=1S/C25H26IN3O7/c1-4-34-20-12-16(10-18(26)23(20)36-14-22(31)35-5-2)11-19-24(32)29(25(33)28-19)13-21(30)27-17-8-6-7-15(3)9-17/h6-12H,4-5,13-14H2,1-3H3,(H,27,30)(H,28,33)/b19-11+. The van der Waals surface area contributed by atoms with E-state index in [1.807, 2.05) is 35.6 Å². The van der Waals surface area contributed by atoms with Crippen molar-refractivity contribution in [2.75, 3.05) is 31.7 Å². The van der Waals surface area contributed by atoms with Gasteiger partial charge in [-0.05, 0) is 84.8 Å². The first kappa shape index (κ1) is 27.0. The van der Waals surface area contributed by atoms with Crippen molar-refractivity contribution in [1.29, 1.82) is 0 Å². The number of carbonyl (C=O) groups excluding carboxylic acids is 4. The molecule has 3 rings (SSSR count). The minimum absolute atomic E-state index is 0.0156. The summed E-state index contributed by atoms with van der Waals surface area (Å²) in [5.41, 5.74) is 2.11. The summed E-state index contributed by atoms with van der Waals surface area (Å²) >= 11 is 2.03. The van der Waals surface area contributed by atoms with Crippen LogP contribution in [0.1, 0.15) is 25.0 Å². The molecule has 2 aromatic carbocycles. The van der Waals surface area contributed by atoms with Crippen molar-refractivity contribution >= 4 is 58.2 Å². The molecule has 1 fully saturated rings. The first-order chi connectivity index (χ1) is 17.2. The maximum absolute atomic E-state index is 12.8. The Morgan fingerprint density at radius 2 is 1.89 bits per heavy atom. The van der Waals surface area contributed by atoms with E-state index in [1.165, 1.54) is 6.08 Å². The van der Waals surface area contributed by atoms with Crippen molar-refractivity contribution in [2.45, 2.75) is 20.8 Å². The van der Waals surface area contributed by atoms with Crippen LogP contribution in [0.5, 0.6) is 11.5 Å². The topological polar surface area (TPSA) is 123 Å². The van der Waals surface area contributed by atoms with Crippen molar-refractivity contribution in [1.82, 2.24) is 10.2 Å². The lowest BCUT2D eigenvalue weighted by Gasteiger charge is -2.14. The van der Waals surface area contributed by atoms with Crippen LogP contribution >= 0.6 is 22.6 Å². The van der Waals surface area contributed by atoms with Crippen LogP contribution in [0.15, 0.2) is 42.1 Å². The van der Waals surface area contributed by atoms with E-state index in [0.717, 1.165) is 10.5 Å². The molecule has 10 nitrogen and oxygen atoms in total. The Morgan fingerprint density at radius 3 is 2.58 bits per heavy atom. The molecule has 0 unspecified atom stereocenters. The molecular weight excluding hydrogens is 581 g/mol. The Balaban J connectivity index is 1.75. The number of benzene rings is 2. The molecule has 11 heteroatoms. The second-order valence-electron chi connectivity index (χ2n) is 7.65. The van der Waals surface area contributed by atoms with Gasteiger partial charge in [0, 0.05) is 5.69 Å². The highest BCUT2D eigenvalue weighted by molar-refractivity contribution is 14.1. The first-order valence-electron chi connectivity index (χ1n) is 11.2. The molecule has 1 heterocycles. The monoisotopic (exact) mass is 607 g/mol. The van der Waals surface area contributed by atoms with Gasteiger partial charge in [0.05, 0.1) is 16.8 Å². The molecule has 0 saturated carbocycles. The molecule has 0 bridgehead atoms. The lowest BCUT2D eigenvalue weighted by Crippen LogP contribution is -2.38. The summed E-state index contributed by atoms with van der Waals surface area (Å²) in [5.74, 6) is -0.903. The van der Waals surface area contributed by atoms with Gasteiger partial charge in [-0.25, -0.2) is 14.5 Å². The number of esters is 1. The summed E-state index contributed by atoms with van der Waals surface area (Å²) < 4.78 is 16.8. The summed E-state index contributed by atoms with van der Waals surface area (Å²) in [5, 5.41) is 5.18. The van der Waals surface area contributed by atoms with E-state index in [9.17, 15) is 19.2 Å². The average Bonchev–Trinajstić information content (AvgIpc) is 3.06. The summed E-state index contributed by atoms with van der Waals surface area (Å²) in [7, 11) is 0. The highest BCUT2D eigenvalue weighted by atomic mass is 127. The fourth-order valence-corrected chi connectivity index (χ4v) is 4.14. The minimum atomic E-state index is -0.695. The van der Waals surface area contributed by atoms with E-state index in [1.54, 1.807) is 44.2 Å². The molecule has 0 aromatic heterocycles. The normalized spacial score (nSPS) is 14.0. The van der Waals surface area contributed by atoms with Crippen LogP contribution in [0.3, 0.4) is 0 Å². The van der Waals surface area contributed by atoms with Crippen LogP contribution in [0.25, 0.3) is 6.08 Å². The zero-order valence-corrected chi connectivity index (χ0v) is 22.2. The predicted octanol–water partition coefficient (Wildman–Crippen LogP) is 3.47. The van der Waals surface area contributed by atoms with Crippen LogP contribution in [-0.4, -0.2) is 55.1 Å². The van der Waals surface area contributed by atoms with E-state index >= 15 is 0 Å². The number of anilines is 1. The smallest absolute Gasteiger partial charge is 0.344 e. The minimum Gasteiger partial charge on any atom is -0.490 e. The Bertz CT molecular complexity index is 1210. The van der Waals surface area contributed by atoms with Crippen molar-refractivity contribution in [3.05, 3.63) is 56.8 Å². The molecule has 36 heavy (non-hydrogen) atoms. The number of carbonyl (C=O) groups is 4. The number of urea groups is 1. The van der Waals surface area contributed by atoms with Gasteiger partial charge in [0.1, 0.15) is 12.2 Å². The molecule has 4 amide bonds. The van der Waals surface area contributed by atoms with Crippen molar-refractivity contribution in [2.24, 2.45) is 0 Å². The van der Waals surface area contributed by atoms with Crippen LogP contribution in [0.4, 0.5) is 10.5 Å². The van der Waals surface area contributed by atoms with Crippen molar-refractivity contribution in [3.63, 3.8) is 0 Å². The third-order valence-corrected chi connectivity index (χ3v) is 5.65. The van der Waals surface area contributed by atoms with Gasteiger partial charge in [0.2, 0.25) is 5.91 Å². The molecule has 2 N–H and O–H groups in total. The van der Waals surface area contributed by atoms with Gasteiger partial charge in [-0.15, -0.1) is 0 Å². The number of hydrogen-bond donors (Lipinski definition) is 2. The van der Waals surface area contributed by atoms with Crippen LogP contribution in [0.2, 0.25) is 0 Å². The molecule has 2 aromatic rings. The van der Waals surface area contributed by atoms with Crippen LogP contribution in [0, 0.1) is 10.5 Å². The summed E-state index contributed by atoms with van der Waals surface area (Å²) in [6, 6.07) is 9.84. The second-order valence-corrected chi connectivity index (χ2v) is 8.82. The van der Waals surface area contributed by atoms with Crippen LogP contribution in [-0.2, 0) is 19.1 Å². The Labute approximate surface area is 222 Å². The van der Waals surface area contributed by atoms with Crippen molar-refractivity contribution in [3.8, 4) is 11.5 Å². The number of nitrogens with zero attached hydrogens (tertiary/aromatic N) is 1. The zero-order chi connectivity index (χ0) is 26.2. The lowest BCUT2D eigenvalue weighted by atomic mass is 10.1. The summed E-state index contributed by atoms with van der Waals surface area (Å²) in [6.07, 6.45) is 1.48. The number of rotatable bonds is 10. The third-order valence-electron chi connectivity index (χ3n) is 4.85. The Morgan fingerprint density at radius 1 is 1.11 bits per heavy atom. The maximum atomic E-state index is 12.8. The van der Waals surface area contributed by atoms with E-state index < -0.39 is 30.4 Å². The predicted molar refractivity (Wildman–Crippen MR) is 140 cm³/mol. The Hall–Kier alpha value is -3.61. The lowest BCUT2D eigenvalue weighted by molar-refractivity contribution is -0.145. The van der Waals surface area contributed by atoms with Gasteiger partial charge >= 0.3 is 12.0 Å². The van der Waals surface area contributed by atoms with Gasteiger partial charge < -0.3 is 24.8 Å². The zero-order valence-electron chi connectivity index (χ0n) is 20.1. The molecule has 0 aliphatic carbocycles. The SMILES string of the molecule is CCOC(=O)COc1c(I)cc(/C=C2/NC(=O)N(CC(=O)Nc3cccc(C)c3)C2=O)cc1OCC. The number of hydrogen-bond acceptors (Lipinski definition) is 7. The van der Waals surface area contributed by atoms with Gasteiger partial charge in [-0.1, -0.05) is 12.1 Å². The van der Waals surface area contributed by atoms with Gasteiger partial charge in [-0.2, -0.15) is 0 Å². The first-order valence-corrected chi connectivity index (χ1v) is 12.3. The molecule has 0 spiro atoms. The largest absolute Gasteiger partial charge is 0.490 e. The van der Waals surface area contributed by atoms with E-state index in [-0.39, 0.29) is 18.9 Å². The quantitative estimate of drug-likeness (QED) is 0.184. The molecule has 0 atom stereocenters. The third kappa shape index (κ3) is 6.97. The number of nitrogens with one attached hydrogen (secondary N) is 2. The van der Waals surface area contributed by atoms with Gasteiger partial charge in [0.15, 0.2) is 18.1 Å². The molecule has 1 aliphatic rings. The highest BCUT2D eigenvalue weighted by Crippen LogP contribution is 2.35. The molecule has 0 radical (unpaired) electrons. The molecule has 1 aliphatic heterocycles. The molecular formula is C25H26IN3O7. The number of ether oxygens (including phenoxy) is 3. The van der Waals surface area contributed by atoms with Crippen LogP contribution < -0.4 is 20.1 Å². The number of amides is 4. The van der Waals surface area contributed by atoms with E-state index in [0.29, 0.717) is 32.9 Å². The molecule has 190 valence electrons. The van der Waals surface area contributed by atoms with Crippen molar-refractivity contribution < 1.29 is 33.4 Å². The highest BCUT2D eigenvalue weighted by Gasteiger charge is 2.35. The molecule has 1 saturated heterocycles. The average molecular weight is 607 g/mol. The van der Waals surface area contributed by atoms with E-state index in [2.05, 4.69) is 10.6 Å². The van der Waals surface area contributed by atoms with Gasteiger partial charge in [0.25, 0.3) is 5.91 Å². The van der Waals surface area contributed by atoms with Gasteiger partial charge in [-0.3, -0.25) is 9.59 Å². The maximum Gasteiger partial charge on any atom is 0.344 e. The number of halogens is 1. The number of imide groups is 1. The summed E-state index contributed by atoms with van der Waals surface area (Å²) in [6.45, 7) is 5.27. The Kier molecular flexibility index (Phi) is 9.28. The number of aryl methyl sites for hydroxylation is 1. The van der Waals surface area contributed by atoms with E-state index in [4.69, 9.17) is 14.2 Å².